The molecule has 1 aliphatic heterocycles. The monoisotopic (exact) mass is 346 g/mol. The van der Waals surface area contributed by atoms with Gasteiger partial charge >= 0.3 is 0 Å². The van der Waals surface area contributed by atoms with Gasteiger partial charge in [0.05, 0.1) is 17.1 Å². The van der Waals surface area contributed by atoms with Gasteiger partial charge in [0.25, 0.3) is 0 Å². The number of halogens is 2. The maximum Gasteiger partial charge on any atom is 0.242 e. The Morgan fingerprint density at radius 3 is 2.77 bits per heavy atom. The van der Waals surface area contributed by atoms with Crippen LogP contribution in [0.3, 0.4) is 0 Å². The van der Waals surface area contributed by atoms with E-state index in [1.165, 1.54) is 0 Å². The van der Waals surface area contributed by atoms with Gasteiger partial charge in [0.1, 0.15) is 12.4 Å². The van der Waals surface area contributed by atoms with Crippen molar-refractivity contribution in [3.05, 3.63) is 29.3 Å². The summed E-state index contributed by atoms with van der Waals surface area (Å²) in [5.41, 5.74) is -0.376. The molecule has 1 amide bonds. The van der Waals surface area contributed by atoms with E-state index in [0.29, 0.717) is 23.9 Å². The molecule has 4 nitrogen and oxygen atoms in total. The van der Waals surface area contributed by atoms with Crippen LogP contribution in [-0.2, 0) is 4.79 Å². The predicted molar refractivity (Wildman–Crippen MR) is 92.1 cm³/mol. The Bertz CT molecular complexity index is 491. The molecule has 2 rings (SSSR count). The Balaban J connectivity index is 0.00000242. The van der Waals surface area contributed by atoms with Crippen LogP contribution in [0.15, 0.2) is 24.3 Å². The van der Waals surface area contributed by atoms with Gasteiger partial charge in [-0.05, 0) is 37.9 Å². The Kier molecular flexibility index (Phi) is 7.46. The lowest BCUT2D eigenvalue weighted by atomic mass is 9.92. The average Bonchev–Trinajstić information content (AvgIpc) is 2.98. The lowest BCUT2D eigenvalue weighted by Crippen LogP contribution is -2.54. The summed E-state index contributed by atoms with van der Waals surface area (Å²) in [5, 5.41) is 3.96. The standard InChI is InChI=1S/C16H23ClN2O2.ClH/c1-3-16(9-6-10-18-16)15(20)19(2)11-12-21-14-8-5-4-7-13(14)17;/h4-5,7-8,18H,3,6,9-12H2,1-2H3;1H. The van der Waals surface area contributed by atoms with Crippen LogP contribution in [0.4, 0.5) is 0 Å². The second kappa shape index (κ2) is 8.61. The summed E-state index contributed by atoms with van der Waals surface area (Å²) >= 11 is 6.03. The fourth-order valence-electron chi connectivity index (χ4n) is 2.76. The van der Waals surface area contributed by atoms with Crippen molar-refractivity contribution in [3.63, 3.8) is 0 Å². The Morgan fingerprint density at radius 2 is 2.18 bits per heavy atom. The van der Waals surface area contributed by atoms with Crippen LogP contribution >= 0.6 is 24.0 Å². The zero-order chi connectivity index (χ0) is 15.3. The minimum atomic E-state index is -0.376. The summed E-state index contributed by atoms with van der Waals surface area (Å²) in [4.78, 5) is 14.3. The summed E-state index contributed by atoms with van der Waals surface area (Å²) in [6.07, 6.45) is 2.79. The van der Waals surface area contributed by atoms with Crippen LogP contribution in [0.5, 0.6) is 5.75 Å². The van der Waals surface area contributed by atoms with Crippen molar-refractivity contribution in [2.24, 2.45) is 0 Å². The Labute approximate surface area is 143 Å². The van der Waals surface area contributed by atoms with E-state index in [1.807, 2.05) is 25.2 Å². The number of hydrogen-bond acceptors (Lipinski definition) is 3. The summed E-state index contributed by atoms with van der Waals surface area (Å²) in [6, 6.07) is 7.36. The van der Waals surface area contributed by atoms with Crippen LogP contribution in [0.1, 0.15) is 26.2 Å². The first kappa shape index (κ1) is 19.1. The average molecular weight is 347 g/mol. The minimum Gasteiger partial charge on any atom is -0.490 e. The second-order valence-electron chi connectivity index (χ2n) is 5.47. The van der Waals surface area contributed by atoms with E-state index < -0.39 is 0 Å². The topological polar surface area (TPSA) is 41.6 Å². The van der Waals surface area contributed by atoms with E-state index in [4.69, 9.17) is 16.3 Å². The van der Waals surface area contributed by atoms with Crippen LogP contribution in [0, 0.1) is 0 Å². The van der Waals surface area contributed by atoms with Gasteiger partial charge < -0.3 is 15.0 Å². The van der Waals surface area contributed by atoms with E-state index in [1.54, 1.807) is 11.0 Å². The molecule has 0 saturated carbocycles. The van der Waals surface area contributed by atoms with Crippen LogP contribution < -0.4 is 10.1 Å². The van der Waals surface area contributed by atoms with Gasteiger partial charge in [-0.25, -0.2) is 0 Å². The molecule has 0 aliphatic carbocycles. The highest BCUT2D eigenvalue weighted by atomic mass is 35.5. The Morgan fingerprint density at radius 1 is 1.45 bits per heavy atom. The van der Waals surface area contributed by atoms with Gasteiger partial charge in [0.15, 0.2) is 0 Å². The molecule has 0 spiro atoms. The van der Waals surface area contributed by atoms with Crippen LogP contribution in [-0.4, -0.2) is 43.1 Å². The number of likely N-dealkylation sites (N-methyl/N-ethyl adjacent to an activating group) is 1. The normalized spacial score (nSPS) is 20.3. The fourth-order valence-corrected chi connectivity index (χ4v) is 2.95. The third kappa shape index (κ3) is 4.28. The lowest BCUT2D eigenvalue weighted by molar-refractivity contribution is -0.137. The van der Waals surface area contributed by atoms with E-state index in [9.17, 15) is 4.79 Å². The highest BCUT2D eigenvalue weighted by molar-refractivity contribution is 6.32. The van der Waals surface area contributed by atoms with E-state index >= 15 is 0 Å². The molecule has 1 aliphatic rings. The summed E-state index contributed by atoms with van der Waals surface area (Å²) in [7, 11) is 1.83. The number of amides is 1. The molecule has 1 aromatic carbocycles. The van der Waals surface area contributed by atoms with Crippen molar-refractivity contribution in [1.29, 1.82) is 0 Å². The van der Waals surface area contributed by atoms with Crippen molar-refractivity contribution < 1.29 is 9.53 Å². The van der Waals surface area contributed by atoms with Crippen LogP contribution in [0.25, 0.3) is 0 Å². The molecule has 1 N–H and O–H groups in total. The molecule has 1 fully saturated rings. The van der Waals surface area contributed by atoms with Gasteiger partial charge in [-0.2, -0.15) is 0 Å². The highest BCUT2D eigenvalue weighted by Crippen LogP contribution is 2.25. The number of rotatable bonds is 6. The van der Waals surface area contributed by atoms with Crippen molar-refractivity contribution >= 4 is 29.9 Å². The zero-order valence-electron chi connectivity index (χ0n) is 13.1. The number of para-hydroxylation sites is 1. The summed E-state index contributed by atoms with van der Waals surface area (Å²) < 4.78 is 5.64. The van der Waals surface area contributed by atoms with Gasteiger partial charge in [-0.15, -0.1) is 12.4 Å². The third-order valence-electron chi connectivity index (χ3n) is 4.12. The molecule has 1 atom stereocenters. The van der Waals surface area contributed by atoms with Crippen molar-refractivity contribution in [3.8, 4) is 5.75 Å². The van der Waals surface area contributed by atoms with Crippen molar-refractivity contribution in [1.82, 2.24) is 10.2 Å². The van der Waals surface area contributed by atoms with Crippen molar-refractivity contribution in [2.75, 3.05) is 26.7 Å². The van der Waals surface area contributed by atoms with E-state index in [-0.39, 0.29) is 23.9 Å². The first-order chi connectivity index (χ1) is 10.1. The number of ether oxygens (including phenoxy) is 1. The number of hydrogen-bond donors (Lipinski definition) is 1. The summed E-state index contributed by atoms with van der Waals surface area (Å²) in [6.45, 7) is 3.97. The molecule has 1 saturated heterocycles. The highest BCUT2D eigenvalue weighted by Gasteiger charge is 2.40. The maximum atomic E-state index is 12.6. The molecule has 22 heavy (non-hydrogen) atoms. The molecule has 0 aromatic heterocycles. The Hall–Kier alpha value is -0.970. The molecule has 1 aromatic rings. The molecule has 124 valence electrons. The maximum absolute atomic E-state index is 12.6. The van der Waals surface area contributed by atoms with Gasteiger partial charge in [0, 0.05) is 7.05 Å². The first-order valence-corrected chi connectivity index (χ1v) is 7.85. The van der Waals surface area contributed by atoms with Gasteiger partial charge in [-0.1, -0.05) is 30.7 Å². The molecule has 0 radical (unpaired) electrons. The molecule has 1 heterocycles. The largest absolute Gasteiger partial charge is 0.490 e. The van der Waals surface area contributed by atoms with Gasteiger partial charge in [0.2, 0.25) is 5.91 Å². The predicted octanol–water partition coefficient (Wildman–Crippen LogP) is 3.13. The van der Waals surface area contributed by atoms with Crippen LogP contribution in [0.2, 0.25) is 5.02 Å². The zero-order valence-corrected chi connectivity index (χ0v) is 14.7. The molecular formula is C16H24Cl2N2O2. The molecular weight excluding hydrogens is 323 g/mol. The quantitative estimate of drug-likeness (QED) is 0.860. The smallest absolute Gasteiger partial charge is 0.242 e. The summed E-state index contributed by atoms with van der Waals surface area (Å²) in [5.74, 6) is 0.814. The fraction of sp³-hybridized carbons (Fsp3) is 0.562. The van der Waals surface area contributed by atoms with E-state index in [2.05, 4.69) is 12.2 Å². The first-order valence-electron chi connectivity index (χ1n) is 7.47. The lowest BCUT2D eigenvalue weighted by Gasteiger charge is -2.31. The van der Waals surface area contributed by atoms with Gasteiger partial charge in [-0.3, -0.25) is 4.79 Å². The number of nitrogens with zero attached hydrogens (tertiary/aromatic N) is 1. The number of nitrogens with one attached hydrogen (secondary N) is 1. The molecule has 6 heteroatoms. The third-order valence-corrected chi connectivity index (χ3v) is 4.44. The second-order valence-corrected chi connectivity index (χ2v) is 5.88. The SMILES string of the molecule is CCC1(C(=O)N(C)CCOc2ccccc2Cl)CCCN1.Cl. The number of benzene rings is 1. The van der Waals surface area contributed by atoms with Crippen molar-refractivity contribution in [2.45, 2.75) is 31.7 Å². The molecule has 0 bridgehead atoms. The molecule has 1 unspecified atom stereocenters. The number of carbonyl (C=O) groups is 1. The minimum absolute atomic E-state index is 0. The number of carbonyl (C=O) groups excluding carboxylic acids is 1. The van der Waals surface area contributed by atoms with E-state index in [0.717, 1.165) is 25.8 Å².